The van der Waals surface area contributed by atoms with E-state index in [0.717, 1.165) is 28.1 Å². The fraction of sp³-hybridized carbons (Fsp3) is 0.0800. The Bertz CT molecular complexity index is 1220. The van der Waals surface area contributed by atoms with Crippen molar-refractivity contribution in [3.63, 3.8) is 0 Å². The van der Waals surface area contributed by atoms with Crippen molar-refractivity contribution in [3.8, 4) is 16.9 Å². The first kappa shape index (κ1) is 17.3. The molecule has 0 saturated carbocycles. The number of para-hydroxylation sites is 1. The van der Waals surface area contributed by atoms with Crippen LogP contribution in [-0.4, -0.2) is 5.97 Å². The summed E-state index contributed by atoms with van der Waals surface area (Å²) in [6.07, 6.45) is 0. The Hall–Kier alpha value is -3.79. The second-order valence-corrected chi connectivity index (χ2v) is 7.16. The molecule has 3 aromatic carbocycles. The number of nitrogens with zero attached hydrogens (tertiary/aromatic N) is 1. The van der Waals surface area contributed by atoms with Gasteiger partial charge in [-0.15, -0.1) is 0 Å². The zero-order chi connectivity index (χ0) is 20.0. The number of hydrogen-bond acceptors (Lipinski definition) is 4. The van der Waals surface area contributed by atoms with Crippen molar-refractivity contribution in [2.75, 3.05) is 4.90 Å². The smallest absolute Gasteiger partial charge is 0.345 e. The molecule has 0 unspecified atom stereocenters. The topological polar surface area (TPSA) is 42.7 Å². The number of fused-ring (bicyclic) bond motifs is 2. The molecule has 0 saturated heterocycles. The van der Waals surface area contributed by atoms with Gasteiger partial charge in [-0.05, 0) is 37.6 Å². The molecule has 0 bridgehead atoms. The maximum absolute atomic E-state index is 12.9. The SMILES string of the molecule is Cc1ccc2c(c1)C(=O)Oc1cc(C)oc1N2c1ccccc1-c1ccccc1. The molecule has 4 heteroatoms. The van der Waals surface area contributed by atoms with Gasteiger partial charge >= 0.3 is 5.97 Å². The zero-order valence-electron chi connectivity index (χ0n) is 16.2. The normalized spacial score (nSPS) is 12.8. The molecule has 1 aliphatic heterocycles. The number of ether oxygens (including phenoxy) is 1. The highest BCUT2D eigenvalue weighted by molar-refractivity contribution is 6.03. The number of carbonyl (C=O) groups excluding carboxylic acids is 1. The van der Waals surface area contributed by atoms with Crippen molar-refractivity contribution < 1.29 is 13.9 Å². The Morgan fingerprint density at radius 2 is 1.48 bits per heavy atom. The Kier molecular flexibility index (Phi) is 3.98. The number of carbonyl (C=O) groups is 1. The van der Waals surface area contributed by atoms with E-state index in [0.29, 0.717) is 23.0 Å². The fourth-order valence-electron chi connectivity index (χ4n) is 3.75. The minimum atomic E-state index is -0.384. The molecule has 0 fully saturated rings. The van der Waals surface area contributed by atoms with Gasteiger partial charge in [0.25, 0.3) is 0 Å². The molecule has 0 spiro atoms. The van der Waals surface area contributed by atoms with Crippen LogP contribution in [-0.2, 0) is 0 Å². The first-order valence-corrected chi connectivity index (χ1v) is 9.49. The van der Waals surface area contributed by atoms with Crippen LogP contribution in [0.25, 0.3) is 11.1 Å². The summed E-state index contributed by atoms with van der Waals surface area (Å²) in [7, 11) is 0. The number of hydrogen-bond donors (Lipinski definition) is 0. The highest BCUT2D eigenvalue weighted by Crippen LogP contribution is 2.48. The van der Waals surface area contributed by atoms with Crippen LogP contribution in [0, 0.1) is 13.8 Å². The predicted molar refractivity (Wildman–Crippen MR) is 113 cm³/mol. The molecule has 0 aliphatic carbocycles. The number of benzene rings is 3. The molecule has 0 N–H and O–H groups in total. The van der Waals surface area contributed by atoms with Crippen molar-refractivity contribution >= 4 is 23.2 Å². The summed E-state index contributed by atoms with van der Waals surface area (Å²) < 4.78 is 11.7. The van der Waals surface area contributed by atoms with E-state index in [2.05, 4.69) is 18.2 Å². The van der Waals surface area contributed by atoms with E-state index in [4.69, 9.17) is 9.15 Å². The summed E-state index contributed by atoms with van der Waals surface area (Å²) in [4.78, 5) is 14.8. The molecular formula is C25H19NO3. The molecule has 4 nitrogen and oxygen atoms in total. The van der Waals surface area contributed by atoms with E-state index in [1.807, 2.05) is 73.3 Å². The van der Waals surface area contributed by atoms with E-state index in [1.165, 1.54) is 0 Å². The van der Waals surface area contributed by atoms with Crippen LogP contribution in [0.4, 0.5) is 17.3 Å². The summed E-state index contributed by atoms with van der Waals surface area (Å²) in [5.74, 6) is 1.22. The number of anilines is 3. The third kappa shape index (κ3) is 2.90. The van der Waals surface area contributed by atoms with E-state index in [1.54, 1.807) is 6.07 Å². The van der Waals surface area contributed by atoms with Gasteiger partial charge in [0.15, 0.2) is 5.75 Å². The third-order valence-electron chi connectivity index (χ3n) is 5.05. The molecule has 1 aliphatic rings. The maximum atomic E-state index is 12.9. The van der Waals surface area contributed by atoms with Crippen molar-refractivity contribution in [3.05, 3.63) is 95.7 Å². The van der Waals surface area contributed by atoms with Crippen molar-refractivity contribution in [2.24, 2.45) is 0 Å². The van der Waals surface area contributed by atoms with E-state index in [9.17, 15) is 4.79 Å². The average Bonchev–Trinajstić information content (AvgIpc) is 3.05. The van der Waals surface area contributed by atoms with Crippen LogP contribution in [0.2, 0.25) is 0 Å². The lowest BCUT2D eigenvalue weighted by Gasteiger charge is -2.25. The third-order valence-corrected chi connectivity index (χ3v) is 5.05. The first-order valence-electron chi connectivity index (χ1n) is 9.49. The van der Waals surface area contributed by atoms with Gasteiger partial charge in [0, 0.05) is 11.6 Å². The van der Waals surface area contributed by atoms with Gasteiger partial charge in [0.2, 0.25) is 5.88 Å². The molecule has 4 aromatic rings. The Balaban J connectivity index is 1.82. The van der Waals surface area contributed by atoms with Gasteiger partial charge < -0.3 is 9.15 Å². The van der Waals surface area contributed by atoms with Crippen LogP contribution in [0.5, 0.6) is 5.75 Å². The number of furan rings is 1. The summed E-state index contributed by atoms with van der Waals surface area (Å²) in [6.45, 7) is 3.81. The molecule has 0 amide bonds. The minimum Gasteiger partial charge on any atom is -0.442 e. The van der Waals surface area contributed by atoms with Crippen molar-refractivity contribution in [2.45, 2.75) is 13.8 Å². The summed E-state index contributed by atoms with van der Waals surface area (Å²) in [5, 5.41) is 0. The van der Waals surface area contributed by atoms with Gasteiger partial charge in [-0.25, -0.2) is 4.79 Å². The summed E-state index contributed by atoms with van der Waals surface area (Å²) in [5.41, 5.74) is 5.27. The number of aryl methyl sites for hydroxylation is 2. The van der Waals surface area contributed by atoms with Gasteiger partial charge in [-0.1, -0.05) is 60.2 Å². The van der Waals surface area contributed by atoms with Gasteiger partial charge in [-0.3, -0.25) is 4.90 Å². The Labute approximate surface area is 169 Å². The van der Waals surface area contributed by atoms with Crippen LogP contribution in [0.15, 0.2) is 83.3 Å². The van der Waals surface area contributed by atoms with E-state index in [-0.39, 0.29) is 5.97 Å². The zero-order valence-corrected chi connectivity index (χ0v) is 16.2. The molecule has 29 heavy (non-hydrogen) atoms. The Morgan fingerprint density at radius 3 is 2.31 bits per heavy atom. The predicted octanol–water partition coefficient (Wildman–Crippen LogP) is 6.57. The molecule has 2 heterocycles. The quantitative estimate of drug-likeness (QED) is 0.369. The van der Waals surface area contributed by atoms with Crippen LogP contribution < -0.4 is 9.64 Å². The lowest BCUT2D eigenvalue weighted by atomic mass is 10.0. The van der Waals surface area contributed by atoms with Crippen LogP contribution in [0.3, 0.4) is 0 Å². The lowest BCUT2D eigenvalue weighted by molar-refractivity contribution is 0.0738. The maximum Gasteiger partial charge on any atom is 0.345 e. The first-order chi connectivity index (χ1) is 14.1. The van der Waals surface area contributed by atoms with Crippen LogP contribution >= 0.6 is 0 Å². The fourth-order valence-corrected chi connectivity index (χ4v) is 3.75. The number of esters is 1. The average molecular weight is 381 g/mol. The van der Waals surface area contributed by atoms with Crippen molar-refractivity contribution in [1.29, 1.82) is 0 Å². The Morgan fingerprint density at radius 1 is 0.759 bits per heavy atom. The standard InChI is InChI=1S/C25H19NO3/c1-16-12-13-22-20(14-16)25(27)29-23-15-17(2)28-24(23)26(22)21-11-7-6-10-19(21)18-8-4-3-5-9-18/h3-15H,1-2H3. The molecule has 0 radical (unpaired) electrons. The minimum absolute atomic E-state index is 0.384. The summed E-state index contributed by atoms with van der Waals surface area (Å²) >= 11 is 0. The van der Waals surface area contributed by atoms with E-state index < -0.39 is 0 Å². The highest BCUT2D eigenvalue weighted by atomic mass is 16.5. The van der Waals surface area contributed by atoms with Gasteiger partial charge in [0.1, 0.15) is 5.76 Å². The highest BCUT2D eigenvalue weighted by Gasteiger charge is 2.32. The van der Waals surface area contributed by atoms with Crippen LogP contribution in [0.1, 0.15) is 21.7 Å². The second-order valence-electron chi connectivity index (χ2n) is 7.16. The lowest BCUT2D eigenvalue weighted by Crippen LogP contribution is -2.13. The van der Waals surface area contributed by atoms with Gasteiger partial charge in [-0.2, -0.15) is 0 Å². The largest absolute Gasteiger partial charge is 0.442 e. The summed E-state index contributed by atoms with van der Waals surface area (Å²) in [6, 6.07) is 25.8. The molecule has 1 aromatic heterocycles. The molecule has 142 valence electrons. The second kappa shape index (κ2) is 6.67. The van der Waals surface area contributed by atoms with Crippen molar-refractivity contribution in [1.82, 2.24) is 0 Å². The van der Waals surface area contributed by atoms with E-state index >= 15 is 0 Å². The molecular weight excluding hydrogens is 362 g/mol. The monoisotopic (exact) mass is 381 g/mol. The number of rotatable bonds is 2. The molecule has 0 atom stereocenters. The van der Waals surface area contributed by atoms with Gasteiger partial charge in [0.05, 0.1) is 16.9 Å². The molecule has 5 rings (SSSR count).